The first-order valence-electron chi connectivity index (χ1n) is 9.62. The number of hydrogen-bond donors (Lipinski definition) is 3. The van der Waals surface area contributed by atoms with Crippen LogP contribution in [0.3, 0.4) is 0 Å². The van der Waals surface area contributed by atoms with E-state index in [1.54, 1.807) is 0 Å². The molecule has 3 rings (SSSR count). The Hall–Kier alpha value is -2.10. The van der Waals surface area contributed by atoms with Gasteiger partial charge >= 0.3 is 0 Å². The van der Waals surface area contributed by atoms with E-state index in [1.807, 2.05) is 35.9 Å². The zero-order chi connectivity index (χ0) is 19.1. The average Bonchev–Trinajstić information content (AvgIpc) is 3.20. The fourth-order valence-electron chi connectivity index (χ4n) is 3.08. The molecule has 8 heteroatoms. The van der Waals surface area contributed by atoms with Crippen molar-refractivity contribution in [2.75, 3.05) is 19.6 Å². The van der Waals surface area contributed by atoms with Crippen molar-refractivity contribution in [1.29, 1.82) is 0 Å². The molecule has 0 radical (unpaired) electrons. The summed E-state index contributed by atoms with van der Waals surface area (Å²) < 4.78 is 2.05. The van der Waals surface area contributed by atoms with E-state index in [4.69, 9.17) is 0 Å². The molecule has 0 saturated carbocycles. The average molecular weight is 495 g/mol. The van der Waals surface area contributed by atoms with Gasteiger partial charge in [-0.25, -0.2) is 4.98 Å². The minimum absolute atomic E-state index is 0. The maximum absolute atomic E-state index is 4.66. The normalized spacial score (nSPS) is 11.5. The van der Waals surface area contributed by atoms with Gasteiger partial charge in [0.2, 0.25) is 0 Å². The molecule has 0 spiro atoms. The third-order valence-corrected chi connectivity index (χ3v) is 4.34. The molecule has 28 heavy (non-hydrogen) atoms. The molecule has 7 nitrogen and oxygen atoms in total. The van der Waals surface area contributed by atoms with Gasteiger partial charge in [-0.05, 0) is 45.4 Å². The molecule has 3 aromatic rings. The summed E-state index contributed by atoms with van der Waals surface area (Å²) in [5.41, 5.74) is 4.36. The van der Waals surface area contributed by atoms with Crippen LogP contribution in [0.2, 0.25) is 0 Å². The molecule has 0 aliphatic rings. The summed E-state index contributed by atoms with van der Waals surface area (Å²) in [6.45, 7) is 9.47. The van der Waals surface area contributed by atoms with E-state index in [-0.39, 0.29) is 24.0 Å². The van der Waals surface area contributed by atoms with Crippen molar-refractivity contribution in [2.45, 2.75) is 40.2 Å². The standard InChI is InChI=1S/C20H29N7.HI/c1-4-21-20(22-11-7-13-27-16(3)14-15(2)26-27)23-12-10-19-24-17-8-5-6-9-18(17)25-19;/h5-6,8-9,14H,4,7,10-13H2,1-3H3,(H,24,25)(H2,21,22,23);1H. The number of nitrogens with zero attached hydrogens (tertiary/aromatic N) is 4. The van der Waals surface area contributed by atoms with Gasteiger partial charge in [0.05, 0.1) is 16.7 Å². The summed E-state index contributed by atoms with van der Waals surface area (Å²) in [4.78, 5) is 12.6. The van der Waals surface area contributed by atoms with E-state index in [2.05, 4.69) is 50.6 Å². The first-order chi connectivity index (χ1) is 13.2. The molecule has 0 aliphatic heterocycles. The highest BCUT2D eigenvalue weighted by Gasteiger charge is 2.03. The quantitative estimate of drug-likeness (QED) is 0.194. The molecule has 2 heterocycles. The minimum atomic E-state index is 0. The number of aromatic amines is 1. The molecule has 3 N–H and O–H groups in total. The van der Waals surface area contributed by atoms with Crippen molar-refractivity contribution < 1.29 is 0 Å². The molecule has 0 amide bonds. The number of para-hydroxylation sites is 2. The lowest BCUT2D eigenvalue weighted by molar-refractivity contribution is 0.567. The predicted octanol–water partition coefficient (Wildman–Crippen LogP) is 3.18. The molecule has 0 unspecified atom stereocenters. The van der Waals surface area contributed by atoms with Gasteiger partial charge in [0, 0.05) is 38.3 Å². The number of aromatic nitrogens is 4. The van der Waals surface area contributed by atoms with Crippen molar-refractivity contribution in [1.82, 2.24) is 30.4 Å². The van der Waals surface area contributed by atoms with Gasteiger partial charge in [-0.3, -0.25) is 9.67 Å². The van der Waals surface area contributed by atoms with Crippen LogP contribution in [0.15, 0.2) is 35.3 Å². The van der Waals surface area contributed by atoms with Crippen molar-refractivity contribution in [2.24, 2.45) is 4.99 Å². The van der Waals surface area contributed by atoms with E-state index >= 15 is 0 Å². The molecular formula is C20H30IN7. The molecule has 0 aliphatic carbocycles. The fraction of sp³-hybridized carbons (Fsp3) is 0.450. The van der Waals surface area contributed by atoms with Gasteiger partial charge in [0.25, 0.3) is 0 Å². The van der Waals surface area contributed by atoms with Gasteiger partial charge < -0.3 is 15.6 Å². The van der Waals surface area contributed by atoms with Crippen LogP contribution < -0.4 is 10.6 Å². The van der Waals surface area contributed by atoms with Crippen LogP contribution >= 0.6 is 24.0 Å². The molecule has 0 atom stereocenters. The maximum atomic E-state index is 4.66. The summed E-state index contributed by atoms with van der Waals surface area (Å²) in [5.74, 6) is 1.84. The first kappa shape index (κ1) is 22.2. The molecule has 152 valence electrons. The number of aliphatic imine (C=N–C) groups is 1. The van der Waals surface area contributed by atoms with Crippen molar-refractivity contribution in [3.63, 3.8) is 0 Å². The Morgan fingerprint density at radius 1 is 1.21 bits per heavy atom. The molecule has 1 aromatic carbocycles. The third kappa shape index (κ3) is 6.22. The zero-order valence-corrected chi connectivity index (χ0v) is 19.2. The lowest BCUT2D eigenvalue weighted by Crippen LogP contribution is -2.38. The van der Waals surface area contributed by atoms with Crippen LogP contribution in [0.25, 0.3) is 11.0 Å². The van der Waals surface area contributed by atoms with Gasteiger partial charge in [-0.1, -0.05) is 12.1 Å². The molecule has 0 saturated heterocycles. The number of rotatable bonds is 8. The number of hydrogen-bond acceptors (Lipinski definition) is 3. The number of fused-ring (bicyclic) bond motifs is 1. The van der Waals surface area contributed by atoms with Crippen LogP contribution in [-0.2, 0) is 13.0 Å². The minimum Gasteiger partial charge on any atom is -0.357 e. The number of benzene rings is 1. The summed E-state index contributed by atoms with van der Waals surface area (Å²) in [6, 6.07) is 10.2. The van der Waals surface area contributed by atoms with Crippen molar-refractivity contribution in [3.8, 4) is 0 Å². The first-order valence-corrected chi connectivity index (χ1v) is 9.62. The van der Waals surface area contributed by atoms with E-state index in [0.29, 0.717) is 0 Å². The van der Waals surface area contributed by atoms with E-state index in [1.165, 1.54) is 5.69 Å². The second-order valence-corrected chi connectivity index (χ2v) is 6.64. The van der Waals surface area contributed by atoms with Gasteiger partial charge in [-0.2, -0.15) is 5.10 Å². The summed E-state index contributed by atoms with van der Waals surface area (Å²) >= 11 is 0. The zero-order valence-electron chi connectivity index (χ0n) is 16.8. The Kier molecular flexibility index (Phi) is 8.75. The third-order valence-electron chi connectivity index (χ3n) is 4.34. The van der Waals surface area contributed by atoms with Gasteiger partial charge in [-0.15, -0.1) is 24.0 Å². The maximum Gasteiger partial charge on any atom is 0.191 e. The highest BCUT2D eigenvalue weighted by molar-refractivity contribution is 14.0. The monoisotopic (exact) mass is 495 g/mol. The lowest BCUT2D eigenvalue weighted by atomic mass is 10.3. The van der Waals surface area contributed by atoms with Crippen molar-refractivity contribution in [3.05, 3.63) is 47.5 Å². The lowest BCUT2D eigenvalue weighted by Gasteiger charge is -2.10. The molecule has 0 fully saturated rings. The number of imidazole rings is 1. The topological polar surface area (TPSA) is 82.9 Å². The van der Waals surface area contributed by atoms with Crippen LogP contribution in [0.5, 0.6) is 0 Å². The number of nitrogens with one attached hydrogen (secondary N) is 3. The summed E-state index contributed by atoms with van der Waals surface area (Å²) in [7, 11) is 0. The Bertz CT molecular complexity index is 864. The van der Waals surface area contributed by atoms with Gasteiger partial charge in [0.1, 0.15) is 5.82 Å². The van der Waals surface area contributed by atoms with Crippen LogP contribution in [0.1, 0.15) is 30.6 Å². The highest BCUT2D eigenvalue weighted by atomic mass is 127. The van der Waals surface area contributed by atoms with Crippen LogP contribution in [0, 0.1) is 13.8 Å². The van der Waals surface area contributed by atoms with Gasteiger partial charge in [0.15, 0.2) is 5.96 Å². The smallest absolute Gasteiger partial charge is 0.191 e. The van der Waals surface area contributed by atoms with E-state index in [0.717, 1.165) is 67.5 Å². The second-order valence-electron chi connectivity index (χ2n) is 6.64. The second kappa shape index (κ2) is 11.0. The molecular weight excluding hydrogens is 465 g/mol. The van der Waals surface area contributed by atoms with E-state index < -0.39 is 0 Å². The molecule has 2 aromatic heterocycles. The Morgan fingerprint density at radius 2 is 2.04 bits per heavy atom. The van der Waals surface area contributed by atoms with E-state index in [9.17, 15) is 0 Å². The highest BCUT2D eigenvalue weighted by Crippen LogP contribution is 2.10. The largest absolute Gasteiger partial charge is 0.357 e. The molecule has 0 bridgehead atoms. The van der Waals surface area contributed by atoms with Crippen LogP contribution in [0.4, 0.5) is 0 Å². The number of guanidine groups is 1. The number of H-pyrrole nitrogens is 1. The Balaban J connectivity index is 0.00000280. The van der Waals surface area contributed by atoms with Crippen molar-refractivity contribution >= 4 is 41.0 Å². The number of aryl methyl sites for hydroxylation is 3. The predicted molar refractivity (Wildman–Crippen MR) is 126 cm³/mol. The SMILES string of the molecule is CCNC(=NCCCn1nc(C)cc1C)NCCc1nc2ccccc2[nH]1.I. The fourth-order valence-corrected chi connectivity index (χ4v) is 3.08. The summed E-state index contributed by atoms with van der Waals surface area (Å²) in [5, 5.41) is 11.2. The van der Waals surface area contributed by atoms with Crippen LogP contribution in [-0.4, -0.2) is 45.3 Å². The Labute approximate surface area is 183 Å². The summed E-state index contributed by atoms with van der Waals surface area (Å²) in [6.07, 6.45) is 1.78. The number of halogens is 1. The Morgan fingerprint density at radius 3 is 2.75 bits per heavy atom.